The molecule has 2 aromatic rings. The van der Waals surface area contributed by atoms with Crippen molar-refractivity contribution < 1.29 is 39.0 Å². The number of carbonyl (C=O) groups excluding carboxylic acids is 5. The van der Waals surface area contributed by atoms with Crippen LogP contribution in [-0.2, 0) is 37.6 Å². The average Bonchev–Trinajstić information content (AvgIpc) is 3.32. The number of thioether (sulfide) groups is 1. The highest BCUT2D eigenvalue weighted by molar-refractivity contribution is 8.00. The number of imide groups is 1. The number of fused-ring (bicyclic) bond motifs is 1. The number of carbonyl (C=O) groups is 6. The van der Waals surface area contributed by atoms with Gasteiger partial charge in [0.15, 0.2) is 0 Å². The smallest absolute Gasteiger partial charge is 0.352 e. The van der Waals surface area contributed by atoms with Crippen LogP contribution < -0.4 is 10.6 Å². The molecule has 3 aliphatic heterocycles. The minimum Gasteiger partial charge on any atom is -0.508 e. The number of β-lactam (4-membered cyclic amide) rings is 1. The third-order valence-electron chi connectivity index (χ3n) is 7.36. The van der Waals surface area contributed by atoms with E-state index in [4.69, 9.17) is 12.2 Å². The van der Waals surface area contributed by atoms with Crippen molar-refractivity contribution in [3.63, 3.8) is 0 Å². The Balaban J connectivity index is 1.34. The molecule has 1 aromatic heterocycles. The summed E-state index contributed by atoms with van der Waals surface area (Å²) in [6.45, 7) is 2.02. The number of aromatic nitrogens is 4. The van der Waals surface area contributed by atoms with Gasteiger partial charge in [0.05, 0.1) is 6.54 Å². The summed E-state index contributed by atoms with van der Waals surface area (Å²) in [6, 6.07) is 1.77. The molecule has 6 amide bonds. The number of carboxylic acid groups (broad SMARTS) is 1. The maximum atomic E-state index is 13.6. The summed E-state index contributed by atoms with van der Waals surface area (Å²) in [4.78, 5) is 80.1. The fourth-order valence-electron chi connectivity index (χ4n) is 5.01. The molecule has 0 aliphatic carbocycles. The van der Waals surface area contributed by atoms with Crippen molar-refractivity contribution in [3.05, 3.63) is 45.9 Å². The van der Waals surface area contributed by atoms with Crippen molar-refractivity contribution in [1.82, 2.24) is 45.1 Å². The Morgan fingerprint density at radius 3 is 2.43 bits per heavy atom. The van der Waals surface area contributed by atoms with E-state index in [1.807, 2.05) is 0 Å². The second kappa shape index (κ2) is 12.1. The first-order chi connectivity index (χ1) is 20.9. The number of aromatic hydroxyl groups is 1. The lowest BCUT2D eigenvalue weighted by Gasteiger charge is -2.49. The number of benzene rings is 1. The van der Waals surface area contributed by atoms with Crippen molar-refractivity contribution in [3.8, 4) is 5.75 Å². The number of phenolic OH excluding ortho intramolecular Hbond substituents is 1. The molecular formula is C25H27N9O8S2. The first kappa shape index (κ1) is 30.7. The van der Waals surface area contributed by atoms with Gasteiger partial charge in [0.2, 0.25) is 10.7 Å². The number of urea groups is 1. The van der Waals surface area contributed by atoms with Crippen LogP contribution in [0.3, 0.4) is 0 Å². The monoisotopic (exact) mass is 645 g/mol. The Bertz CT molecular complexity index is 1650. The Morgan fingerprint density at radius 1 is 1.11 bits per heavy atom. The van der Waals surface area contributed by atoms with Gasteiger partial charge in [-0.15, -0.1) is 11.8 Å². The molecule has 232 valence electrons. The molecule has 2 saturated heterocycles. The minimum absolute atomic E-state index is 0.00245. The van der Waals surface area contributed by atoms with Gasteiger partial charge in [-0.1, -0.05) is 12.1 Å². The number of likely N-dealkylation sites (N-methyl/N-ethyl adjacent to an activating group) is 1. The predicted octanol–water partition coefficient (Wildman–Crippen LogP) is -1.07. The molecule has 1 aromatic carbocycles. The molecule has 2 fully saturated rings. The van der Waals surface area contributed by atoms with Gasteiger partial charge in [-0.25, -0.2) is 19.0 Å². The van der Waals surface area contributed by atoms with E-state index in [0.717, 1.165) is 4.90 Å². The van der Waals surface area contributed by atoms with Gasteiger partial charge in [0.25, 0.3) is 5.91 Å². The first-order valence-electron chi connectivity index (χ1n) is 13.3. The number of amides is 6. The number of nitrogens with zero attached hydrogens (tertiary/aromatic N) is 7. The van der Waals surface area contributed by atoms with Crippen LogP contribution in [0.1, 0.15) is 18.5 Å². The van der Waals surface area contributed by atoms with E-state index in [1.54, 1.807) is 14.0 Å². The lowest BCUT2D eigenvalue weighted by Crippen LogP contribution is -2.71. The molecule has 5 rings (SSSR count). The maximum absolute atomic E-state index is 13.6. The number of piperazine rings is 1. The van der Waals surface area contributed by atoms with Gasteiger partial charge >= 0.3 is 23.8 Å². The summed E-state index contributed by atoms with van der Waals surface area (Å²) in [5, 5.41) is 31.7. The molecule has 0 radical (unpaired) electrons. The van der Waals surface area contributed by atoms with Gasteiger partial charge in [-0.05, 0) is 52.8 Å². The largest absolute Gasteiger partial charge is 0.508 e. The molecule has 0 bridgehead atoms. The summed E-state index contributed by atoms with van der Waals surface area (Å²) in [6.07, 6.45) is 0. The number of nitrogens with one attached hydrogen (secondary N) is 2. The number of aryl methyl sites for hydroxylation is 1. The van der Waals surface area contributed by atoms with E-state index in [0.29, 0.717) is 17.0 Å². The lowest BCUT2D eigenvalue weighted by molar-refractivity contribution is -0.153. The van der Waals surface area contributed by atoms with E-state index in [1.165, 1.54) is 50.3 Å². The summed E-state index contributed by atoms with van der Waals surface area (Å²) < 4.78 is 2.94. The Labute approximate surface area is 258 Å². The number of aliphatic carboxylic acids is 1. The van der Waals surface area contributed by atoms with E-state index < -0.39 is 53.1 Å². The van der Waals surface area contributed by atoms with Gasteiger partial charge in [0, 0.05) is 32.4 Å². The molecule has 4 N–H and O–H groups in total. The molecule has 4 heterocycles. The van der Waals surface area contributed by atoms with Crippen LogP contribution in [0.4, 0.5) is 4.79 Å². The molecule has 3 atom stereocenters. The van der Waals surface area contributed by atoms with Crippen LogP contribution in [0.25, 0.3) is 0 Å². The van der Waals surface area contributed by atoms with Crippen LogP contribution in [0.5, 0.6) is 5.75 Å². The summed E-state index contributed by atoms with van der Waals surface area (Å²) in [5.74, 6) is -4.65. The van der Waals surface area contributed by atoms with Crippen molar-refractivity contribution in [1.29, 1.82) is 0 Å². The van der Waals surface area contributed by atoms with Crippen LogP contribution in [-0.4, -0.2) is 117 Å². The average molecular weight is 646 g/mol. The maximum Gasteiger partial charge on any atom is 0.352 e. The van der Waals surface area contributed by atoms with Crippen molar-refractivity contribution in [2.75, 3.05) is 25.4 Å². The quantitative estimate of drug-likeness (QED) is 0.154. The Hall–Kier alpha value is -4.78. The van der Waals surface area contributed by atoms with Crippen LogP contribution in [0.15, 0.2) is 35.5 Å². The van der Waals surface area contributed by atoms with E-state index in [2.05, 4.69) is 21.1 Å². The fraction of sp³-hybridized carbons (Fsp3) is 0.400. The van der Waals surface area contributed by atoms with E-state index >= 15 is 0 Å². The van der Waals surface area contributed by atoms with Gasteiger partial charge < -0.3 is 25.7 Å². The van der Waals surface area contributed by atoms with Crippen molar-refractivity contribution >= 4 is 59.6 Å². The summed E-state index contributed by atoms with van der Waals surface area (Å²) >= 11 is 6.46. The van der Waals surface area contributed by atoms with Gasteiger partial charge in [-0.3, -0.25) is 29.0 Å². The van der Waals surface area contributed by atoms with Gasteiger partial charge in [0.1, 0.15) is 28.9 Å². The third-order valence-corrected chi connectivity index (χ3v) is 9.17. The van der Waals surface area contributed by atoms with Crippen molar-refractivity contribution in [2.24, 2.45) is 7.05 Å². The van der Waals surface area contributed by atoms with Crippen molar-refractivity contribution in [2.45, 2.75) is 30.9 Å². The molecular weight excluding hydrogens is 618 g/mol. The number of hydrogen-bond acceptors (Lipinski definition) is 11. The Kier molecular flexibility index (Phi) is 8.42. The van der Waals surface area contributed by atoms with E-state index in [-0.39, 0.29) is 47.2 Å². The summed E-state index contributed by atoms with van der Waals surface area (Å²) in [7, 11) is 1.59. The zero-order valence-electron chi connectivity index (χ0n) is 23.4. The van der Waals surface area contributed by atoms with Crippen LogP contribution in [0.2, 0.25) is 0 Å². The number of phenols is 1. The predicted molar refractivity (Wildman–Crippen MR) is 153 cm³/mol. The number of hydrogen-bond donors (Lipinski definition) is 4. The van der Waals surface area contributed by atoms with Crippen LogP contribution >= 0.6 is 24.0 Å². The van der Waals surface area contributed by atoms with E-state index in [9.17, 15) is 39.0 Å². The van der Waals surface area contributed by atoms with Gasteiger partial charge in [-0.2, -0.15) is 0 Å². The highest BCUT2D eigenvalue weighted by Crippen LogP contribution is 2.41. The number of rotatable bonds is 8. The number of tetrazole rings is 1. The fourth-order valence-corrected chi connectivity index (χ4v) is 6.48. The number of carboxylic acids is 1. The van der Waals surface area contributed by atoms with Crippen LogP contribution in [0, 0.1) is 4.77 Å². The molecule has 19 heteroatoms. The molecule has 3 unspecified atom stereocenters. The zero-order chi connectivity index (χ0) is 31.9. The first-order valence-corrected chi connectivity index (χ1v) is 14.8. The highest BCUT2D eigenvalue weighted by atomic mass is 32.2. The lowest BCUT2D eigenvalue weighted by atomic mass is 10.0. The Morgan fingerprint density at radius 2 is 1.82 bits per heavy atom. The molecule has 0 spiro atoms. The SMILES string of the molecule is CCN1CCN(C(=O)NC(C(=O)NC2C(=O)N3C(C(=O)O)=C(Cn4nnn(C)c4=S)CSC23)c2ccc(O)cc2)C(=O)C1=O. The molecule has 0 saturated carbocycles. The molecule has 17 nitrogen and oxygen atoms in total. The third kappa shape index (κ3) is 5.50. The summed E-state index contributed by atoms with van der Waals surface area (Å²) in [5.41, 5.74) is 0.355. The molecule has 3 aliphatic rings. The standard InChI is InChI=1S/C25H27N9O8S2/c1-3-31-8-9-32(21(39)20(31)38)24(42)27-15(12-4-6-14(35)7-5-12)18(36)26-16-19(37)34-17(23(40)41)13(11-44-22(16)34)10-33-25(43)30(2)28-29-33/h4-7,15-16,22,35H,3,8-11H2,1-2H3,(H,26,36)(H,27,42)(H,40,41). The minimum atomic E-state index is -1.44. The highest BCUT2D eigenvalue weighted by Gasteiger charge is 2.54. The second-order valence-electron chi connectivity index (χ2n) is 10.0. The normalized spacial score (nSPS) is 20.7. The second-order valence-corrected chi connectivity index (χ2v) is 11.5. The topological polar surface area (TPSA) is 212 Å². The zero-order valence-corrected chi connectivity index (χ0v) is 25.0. The molecule has 44 heavy (non-hydrogen) atoms.